The number of aromatic nitrogens is 2. The molecule has 1 aromatic heterocycles. The zero-order chi connectivity index (χ0) is 18.1. The third-order valence-electron chi connectivity index (χ3n) is 6.35. The molecule has 1 amide bonds. The summed E-state index contributed by atoms with van der Waals surface area (Å²) >= 11 is 5.90. The molecule has 0 aliphatic heterocycles. The van der Waals surface area contributed by atoms with Gasteiger partial charge in [0.1, 0.15) is 5.69 Å². The molecule has 4 aliphatic rings. The van der Waals surface area contributed by atoms with E-state index < -0.39 is 11.4 Å². The summed E-state index contributed by atoms with van der Waals surface area (Å²) in [5, 5.41) is 13.3. The standard InChI is InChI=1S/C19H16ClN3O3/c20-11-3-1-9(2-4-11)16-21-6-5-14(22-16)17(24)23-15-10-7-12-13(8-10)19(12,15)18(25)26/h1-6,10,12-13,15H,7-8H2,(H,23,24)(H,25,26). The Kier molecular flexibility index (Phi) is 3.19. The Balaban J connectivity index is 1.39. The van der Waals surface area contributed by atoms with Crippen molar-refractivity contribution in [3.8, 4) is 11.4 Å². The second-order valence-electron chi connectivity index (χ2n) is 7.41. The van der Waals surface area contributed by atoms with Crippen LogP contribution in [0, 0.1) is 23.2 Å². The fourth-order valence-corrected chi connectivity index (χ4v) is 5.41. The van der Waals surface area contributed by atoms with E-state index >= 15 is 0 Å². The molecule has 6 nitrogen and oxygen atoms in total. The summed E-state index contributed by atoms with van der Waals surface area (Å²) in [6.07, 6.45) is 3.34. The van der Waals surface area contributed by atoms with Crippen LogP contribution in [0.4, 0.5) is 0 Å². The minimum absolute atomic E-state index is 0.227. The van der Waals surface area contributed by atoms with Crippen molar-refractivity contribution >= 4 is 23.5 Å². The number of hydrogen-bond acceptors (Lipinski definition) is 4. The highest BCUT2D eigenvalue weighted by Crippen LogP contribution is 2.79. The van der Waals surface area contributed by atoms with E-state index in [2.05, 4.69) is 15.3 Å². The van der Waals surface area contributed by atoms with Gasteiger partial charge in [0.05, 0.1) is 5.41 Å². The normalized spacial score (nSPS) is 33.1. The van der Waals surface area contributed by atoms with Gasteiger partial charge in [0.15, 0.2) is 5.82 Å². The summed E-state index contributed by atoms with van der Waals surface area (Å²) in [6.45, 7) is 0. The minimum atomic E-state index is -0.776. The van der Waals surface area contributed by atoms with Gasteiger partial charge < -0.3 is 10.4 Å². The van der Waals surface area contributed by atoms with Gasteiger partial charge in [-0.15, -0.1) is 0 Å². The Labute approximate surface area is 154 Å². The summed E-state index contributed by atoms with van der Waals surface area (Å²) in [6, 6.07) is 8.31. The molecule has 1 aromatic carbocycles. The lowest BCUT2D eigenvalue weighted by Gasteiger charge is -2.21. The number of halogens is 1. The van der Waals surface area contributed by atoms with Crippen LogP contribution in [0.5, 0.6) is 0 Å². The highest BCUT2D eigenvalue weighted by molar-refractivity contribution is 6.30. The molecule has 4 fully saturated rings. The number of amides is 1. The van der Waals surface area contributed by atoms with Crippen molar-refractivity contribution in [1.29, 1.82) is 0 Å². The third kappa shape index (κ3) is 1.99. The Bertz CT molecular complexity index is 918. The van der Waals surface area contributed by atoms with Crippen LogP contribution in [-0.4, -0.2) is 33.0 Å². The second-order valence-corrected chi connectivity index (χ2v) is 7.84. The average Bonchev–Trinajstić information content (AvgIpc) is 2.97. The lowest BCUT2D eigenvalue weighted by atomic mass is 9.97. The molecule has 132 valence electrons. The van der Waals surface area contributed by atoms with Crippen molar-refractivity contribution in [2.45, 2.75) is 18.9 Å². The largest absolute Gasteiger partial charge is 0.481 e. The molecule has 26 heavy (non-hydrogen) atoms. The highest BCUT2D eigenvalue weighted by Gasteiger charge is 2.83. The molecular weight excluding hydrogens is 354 g/mol. The van der Waals surface area contributed by atoms with Crippen LogP contribution in [0.1, 0.15) is 23.3 Å². The Morgan fingerprint density at radius 2 is 1.85 bits per heavy atom. The maximum atomic E-state index is 12.7. The van der Waals surface area contributed by atoms with Gasteiger partial charge in [0.2, 0.25) is 0 Å². The number of carbonyl (C=O) groups is 2. The van der Waals surface area contributed by atoms with Crippen molar-refractivity contribution in [2.24, 2.45) is 23.2 Å². The van der Waals surface area contributed by atoms with Gasteiger partial charge in [-0.1, -0.05) is 11.6 Å². The number of nitrogens with zero attached hydrogens (tertiary/aromatic N) is 2. The van der Waals surface area contributed by atoms with Gasteiger partial charge in [-0.25, -0.2) is 9.97 Å². The molecule has 1 heterocycles. The fraction of sp³-hybridized carbons (Fsp3) is 0.368. The van der Waals surface area contributed by atoms with Crippen molar-refractivity contribution < 1.29 is 14.7 Å². The first kappa shape index (κ1) is 15.8. The van der Waals surface area contributed by atoms with E-state index in [4.69, 9.17) is 11.6 Å². The summed E-state index contributed by atoms with van der Waals surface area (Å²) in [5.74, 6) is 0.0364. The van der Waals surface area contributed by atoms with Crippen molar-refractivity contribution in [1.82, 2.24) is 15.3 Å². The summed E-state index contributed by atoms with van der Waals surface area (Å²) in [4.78, 5) is 33.1. The SMILES string of the molecule is O=C(NC1C2CC3C(C2)C31C(=O)O)c1ccnc(-c2ccc(Cl)cc2)n1. The fourth-order valence-electron chi connectivity index (χ4n) is 5.28. The number of aliphatic carboxylic acids is 1. The first-order chi connectivity index (χ1) is 12.5. The van der Waals surface area contributed by atoms with Gasteiger partial charge in [0.25, 0.3) is 5.91 Å². The van der Waals surface area contributed by atoms with Crippen LogP contribution in [0.2, 0.25) is 5.02 Å². The highest BCUT2D eigenvalue weighted by atomic mass is 35.5. The van der Waals surface area contributed by atoms with Gasteiger partial charge in [0, 0.05) is 22.8 Å². The monoisotopic (exact) mass is 369 g/mol. The lowest BCUT2D eigenvalue weighted by molar-refractivity contribution is -0.144. The Morgan fingerprint density at radius 3 is 2.50 bits per heavy atom. The predicted molar refractivity (Wildman–Crippen MR) is 93.5 cm³/mol. The molecule has 3 atom stereocenters. The maximum absolute atomic E-state index is 12.7. The zero-order valence-corrected chi connectivity index (χ0v) is 14.5. The van der Waals surface area contributed by atoms with E-state index in [1.165, 1.54) is 6.20 Å². The molecule has 7 heteroatoms. The predicted octanol–water partition coefficient (Wildman–Crippen LogP) is 2.64. The number of carboxylic acids is 1. The summed E-state index contributed by atoms with van der Waals surface area (Å²) in [7, 11) is 0. The van der Waals surface area contributed by atoms with Crippen molar-refractivity contribution in [3.05, 3.63) is 47.2 Å². The Hall–Kier alpha value is -2.47. The molecule has 2 aromatic rings. The molecule has 0 radical (unpaired) electrons. The van der Waals surface area contributed by atoms with Gasteiger partial charge in [-0.05, 0) is 60.9 Å². The van der Waals surface area contributed by atoms with Gasteiger partial charge in [-0.3, -0.25) is 9.59 Å². The smallest absolute Gasteiger partial charge is 0.312 e. The molecule has 3 unspecified atom stereocenters. The van der Waals surface area contributed by atoms with Gasteiger partial charge in [-0.2, -0.15) is 0 Å². The average molecular weight is 370 g/mol. The first-order valence-electron chi connectivity index (χ1n) is 8.65. The van der Waals surface area contributed by atoms with Crippen LogP contribution in [0.3, 0.4) is 0 Å². The van der Waals surface area contributed by atoms with E-state index in [0.717, 1.165) is 18.4 Å². The van der Waals surface area contributed by atoms with Crippen LogP contribution in [0.15, 0.2) is 36.5 Å². The van der Waals surface area contributed by atoms with E-state index in [1.807, 2.05) is 0 Å². The molecule has 0 spiro atoms. The topological polar surface area (TPSA) is 92.2 Å². The molecule has 0 saturated heterocycles. The maximum Gasteiger partial charge on any atom is 0.312 e. The lowest BCUT2D eigenvalue weighted by Crippen LogP contribution is -2.45. The number of carbonyl (C=O) groups excluding carboxylic acids is 1. The van der Waals surface area contributed by atoms with Crippen LogP contribution in [-0.2, 0) is 4.79 Å². The zero-order valence-electron chi connectivity index (χ0n) is 13.7. The third-order valence-corrected chi connectivity index (χ3v) is 6.60. The molecule has 2 N–H and O–H groups in total. The molecule has 6 rings (SSSR count). The number of carboxylic acid groups (broad SMARTS) is 1. The number of nitrogens with one attached hydrogen (secondary N) is 1. The van der Waals surface area contributed by atoms with E-state index in [1.54, 1.807) is 30.3 Å². The van der Waals surface area contributed by atoms with E-state index in [9.17, 15) is 14.7 Å². The Morgan fingerprint density at radius 1 is 1.15 bits per heavy atom. The molecular formula is C19H16ClN3O3. The molecule has 4 bridgehead atoms. The van der Waals surface area contributed by atoms with Crippen molar-refractivity contribution in [2.75, 3.05) is 0 Å². The molecule has 4 aliphatic carbocycles. The van der Waals surface area contributed by atoms with Crippen molar-refractivity contribution in [3.63, 3.8) is 0 Å². The molecule has 4 saturated carbocycles. The van der Waals surface area contributed by atoms with Crippen LogP contribution in [0.25, 0.3) is 11.4 Å². The van der Waals surface area contributed by atoms with E-state index in [-0.39, 0.29) is 35.4 Å². The second kappa shape index (κ2) is 5.27. The quantitative estimate of drug-likeness (QED) is 0.864. The summed E-state index contributed by atoms with van der Waals surface area (Å²) in [5.41, 5.74) is 0.259. The number of rotatable bonds is 4. The first-order valence-corrected chi connectivity index (χ1v) is 9.03. The van der Waals surface area contributed by atoms with Crippen LogP contribution < -0.4 is 5.32 Å². The van der Waals surface area contributed by atoms with Crippen LogP contribution >= 0.6 is 11.6 Å². The summed E-state index contributed by atoms with van der Waals surface area (Å²) < 4.78 is 0. The number of hydrogen-bond donors (Lipinski definition) is 2. The minimum Gasteiger partial charge on any atom is -0.481 e. The number of benzene rings is 1. The van der Waals surface area contributed by atoms with Gasteiger partial charge >= 0.3 is 5.97 Å². The van der Waals surface area contributed by atoms with E-state index in [0.29, 0.717) is 10.8 Å².